The molecule has 3 aromatic rings. The molecule has 0 amide bonds. The Labute approximate surface area is 209 Å². The first-order valence-corrected chi connectivity index (χ1v) is 12.9. The molecule has 0 spiro atoms. The van der Waals surface area contributed by atoms with E-state index < -0.39 is 5.60 Å². The molecule has 2 aliphatic rings. The molecule has 1 N–H and O–H groups in total. The minimum absolute atomic E-state index is 0.0214. The Morgan fingerprint density at radius 2 is 1.94 bits per heavy atom. The third kappa shape index (κ3) is 4.86. The molecule has 1 saturated carbocycles. The number of hydrogen-bond acceptors (Lipinski definition) is 3. The molecule has 3 atom stereocenters. The van der Waals surface area contributed by atoms with Gasteiger partial charge in [0, 0.05) is 29.3 Å². The maximum Gasteiger partial charge on any atom is 0.125 e. The third-order valence-electron chi connectivity index (χ3n) is 8.10. The largest absolute Gasteiger partial charge is 0.489 e. The van der Waals surface area contributed by atoms with E-state index in [0.29, 0.717) is 12.5 Å². The van der Waals surface area contributed by atoms with Crippen molar-refractivity contribution >= 4 is 0 Å². The number of nitrogens with zero attached hydrogens (tertiary/aromatic N) is 1. The highest BCUT2D eigenvalue weighted by molar-refractivity contribution is 5.45. The van der Waals surface area contributed by atoms with Crippen LogP contribution in [-0.2, 0) is 24.9 Å². The number of aryl methyl sites for hydroxylation is 2. The fourth-order valence-electron chi connectivity index (χ4n) is 6.24. The quantitative estimate of drug-likeness (QED) is 0.447. The summed E-state index contributed by atoms with van der Waals surface area (Å²) in [6.45, 7) is 4.60. The van der Waals surface area contributed by atoms with Gasteiger partial charge in [-0.05, 0) is 86.3 Å². The summed E-state index contributed by atoms with van der Waals surface area (Å²) in [5.41, 5.74) is 5.48. The van der Waals surface area contributed by atoms with Crippen LogP contribution in [0.25, 0.3) is 0 Å². The first-order valence-electron chi connectivity index (χ1n) is 12.9. The molecule has 0 aliphatic heterocycles. The molecule has 3 heteroatoms. The van der Waals surface area contributed by atoms with Crippen LogP contribution in [0.3, 0.4) is 0 Å². The normalized spacial score (nSPS) is 25.1. The van der Waals surface area contributed by atoms with Gasteiger partial charge in [0.15, 0.2) is 0 Å². The molecule has 1 aromatic heterocycles. The average molecular weight is 466 g/mol. The molecule has 5 rings (SSSR count). The van der Waals surface area contributed by atoms with E-state index >= 15 is 0 Å². The van der Waals surface area contributed by atoms with E-state index in [1.165, 1.54) is 16.7 Å². The molecule has 1 fully saturated rings. The highest BCUT2D eigenvalue weighted by Crippen LogP contribution is 2.54. The third-order valence-corrected chi connectivity index (χ3v) is 8.10. The SMILES string of the molecule is CCC#C[C@@]1(O)CC[C@@]2(Cc3ccccc3)c3ccc(OCc4cccnc4C)cc3CC[C@@H]2C1. The molecular formula is C32H35NO2. The molecule has 1 heterocycles. The van der Waals surface area contributed by atoms with Crippen LogP contribution in [0.15, 0.2) is 66.9 Å². The Balaban J connectivity index is 1.46. The van der Waals surface area contributed by atoms with Crippen LogP contribution in [0.2, 0.25) is 0 Å². The van der Waals surface area contributed by atoms with Crippen molar-refractivity contribution in [3.05, 3.63) is 94.8 Å². The van der Waals surface area contributed by atoms with Crippen LogP contribution in [0.4, 0.5) is 0 Å². The standard InChI is InChI=1S/C32H35NO2/c1-3-4-16-31(34)17-18-32(21-25-9-6-5-7-10-25)28(22-31)13-12-26-20-29(14-15-30(26)32)35-23-27-11-8-19-33-24(27)2/h5-11,14-15,19-20,28,34H,3,12-13,17-18,21-23H2,1-2H3/t28-,31-,32+/m1/s1. The van der Waals surface area contributed by atoms with Crippen molar-refractivity contribution in [3.63, 3.8) is 0 Å². The summed E-state index contributed by atoms with van der Waals surface area (Å²) < 4.78 is 6.21. The lowest BCUT2D eigenvalue weighted by Gasteiger charge is -2.52. The zero-order valence-electron chi connectivity index (χ0n) is 20.9. The molecule has 0 saturated heterocycles. The second kappa shape index (κ2) is 9.88. The molecule has 0 bridgehead atoms. The molecule has 2 aromatic carbocycles. The Bertz CT molecular complexity index is 1240. The zero-order chi connectivity index (χ0) is 24.3. The van der Waals surface area contributed by atoms with Crippen molar-refractivity contribution in [2.75, 3.05) is 0 Å². The topological polar surface area (TPSA) is 42.4 Å². The van der Waals surface area contributed by atoms with Gasteiger partial charge in [-0.3, -0.25) is 4.98 Å². The van der Waals surface area contributed by atoms with E-state index in [1.807, 2.05) is 26.1 Å². The molecule has 3 nitrogen and oxygen atoms in total. The van der Waals surface area contributed by atoms with Crippen molar-refractivity contribution in [1.29, 1.82) is 0 Å². The summed E-state index contributed by atoms with van der Waals surface area (Å²) in [5, 5.41) is 11.3. The van der Waals surface area contributed by atoms with E-state index in [-0.39, 0.29) is 5.41 Å². The second-order valence-electron chi connectivity index (χ2n) is 10.3. The van der Waals surface area contributed by atoms with Crippen LogP contribution < -0.4 is 4.74 Å². The molecule has 0 unspecified atom stereocenters. The summed E-state index contributed by atoms with van der Waals surface area (Å²) in [7, 11) is 0. The Hall–Kier alpha value is -3.09. The fourth-order valence-corrected chi connectivity index (χ4v) is 6.24. The van der Waals surface area contributed by atoms with E-state index in [9.17, 15) is 5.11 Å². The molecule has 35 heavy (non-hydrogen) atoms. The number of aliphatic hydroxyl groups is 1. The van der Waals surface area contributed by atoms with Gasteiger partial charge in [-0.2, -0.15) is 0 Å². The number of pyridine rings is 1. The van der Waals surface area contributed by atoms with E-state index in [1.54, 1.807) is 0 Å². The molecular weight excluding hydrogens is 430 g/mol. The number of aromatic nitrogens is 1. The Kier molecular flexibility index (Phi) is 6.67. The lowest BCUT2D eigenvalue weighted by molar-refractivity contribution is -0.00808. The van der Waals surface area contributed by atoms with Gasteiger partial charge in [0.25, 0.3) is 0 Å². The van der Waals surface area contributed by atoms with Gasteiger partial charge in [0.05, 0.1) is 0 Å². The van der Waals surface area contributed by atoms with Crippen LogP contribution in [0.5, 0.6) is 5.75 Å². The van der Waals surface area contributed by atoms with Gasteiger partial charge in [-0.1, -0.05) is 55.3 Å². The predicted octanol–water partition coefficient (Wildman–Crippen LogP) is 6.34. The second-order valence-corrected chi connectivity index (χ2v) is 10.3. The lowest BCUT2D eigenvalue weighted by Crippen LogP contribution is -2.50. The smallest absolute Gasteiger partial charge is 0.125 e. The van der Waals surface area contributed by atoms with Crippen molar-refractivity contribution in [2.24, 2.45) is 5.92 Å². The van der Waals surface area contributed by atoms with Gasteiger partial charge in [-0.15, -0.1) is 5.92 Å². The predicted molar refractivity (Wildman–Crippen MR) is 140 cm³/mol. The first kappa shape index (κ1) is 23.6. The lowest BCUT2D eigenvalue weighted by atomic mass is 9.52. The zero-order valence-corrected chi connectivity index (χ0v) is 20.9. The molecule has 180 valence electrons. The number of ether oxygens (including phenoxy) is 1. The minimum Gasteiger partial charge on any atom is -0.489 e. The molecule has 0 radical (unpaired) electrons. The Morgan fingerprint density at radius 3 is 2.74 bits per heavy atom. The Morgan fingerprint density at radius 1 is 1.09 bits per heavy atom. The summed E-state index contributed by atoms with van der Waals surface area (Å²) in [5.74, 6) is 7.69. The van der Waals surface area contributed by atoms with Gasteiger partial charge in [0.1, 0.15) is 18.0 Å². The van der Waals surface area contributed by atoms with Crippen molar-refractivity contribution < 1.29 is 9.84 Å². The van der Waals surface area contributed by atoms with E-state index in [4.69, 9.17) is 4.74 Å². The van der Waals surface area contributed by atoms with Crippen LogP contribution >= 0.6 is 0 Å². The first-order chi connectivity index (χ1) is 17.0. The maximum atomic E-state index is 11.3. The maximum absolute atomic E-state index is 11.3. The van der Waals surface area contributed by atoms with E-state index in [0.717, 1.165) is 62.0 Å². The summed E-state index contributed by atoms with van der Waals surface area (Å²) in [6.07, 6.45) is 8.11. The highest BCUT2D eigenvalue weighted by atomic mass is 16.5. The number of benzene rings is 2. The average Bonchev–Trinajstić information content (AvgIpc) is 2.88. The van der Waals surface area contributed by atoms with Crippen molar-refractivity contribution in [3.8, 4) is 17.6 Å². The number of rotatable bonds is 5. The molecule has 2 aliphatic carbocycles. The van der Waals surface area contributed by atoms with Gasteiger partial charge >= 0.3 is 0 Å². The number of hydrogen-bond donors (Lipinski definition) is 1. The summed E-state index contributed by atoms with van der Waals surface area (Å²) in [4.78, 5) is 4.38. The van der Waals surface area contributed by atoms with Gasteiger partial charge < -0.3 is 9.84 Å². The van der Waals surface area contributed by atoms with Crippen LogP contribution in [0, 0.1) is 24.7 Å². The number of fused-ring (bicyclic) bond motifs is 3. The monoisotopic (exact) mass is 465 g/mol. The summed E-state index contributed by atoms with van der Waals surface area (Å²) >= 11 is 0. The van der Waals surface area contributed by atoms with Gasteiger partial charge in [0.2, 0.25) is 0 Å². The highest BCUT2D eigenvalue weighted by Gasteiger charge is 2.51. The van der Waals surface area contributed by atoms with E-state index in [2.05, 4.69) is 71.4 Å². The van der Waals surface area contributed by atoms with Crippen LogP contribution in [-0.4, -0.2) is 15.7 Å². The minimum atomic E-state index is -0.858. The summed E-state index contributed by atoms with van der Waals surface area (Å²) in [6, 6.07) is 21.6. The van der Waals surface area contributed by atoms with Crippen LogP contribution in [0.1, 0.15) is 67.0 Å². The van der Waals surface area contributed by atoms with Crippen molar-refractivity contribution in [2.45, 2.75) is 76.4 Å². The fraction of sp³-hybridized carbons (Fsp3) is 0.406. The van der Waals surface area contributed by atoms with Crippen molar-refractivity contribution in [1.82, 2.24) is 4.98 Å². The van der Waals surface area contributed by atoms with Gasteiger partial charge in [-0.25, -0.2) is 0 Å².